The third-order valence-corrected chi connectivity index (χ3v) is 6.56. The number of aliphatic hydroxyl groups is 1. The molecule has 4 nitrogen and oxygen atoms in total. The van der Waals surface area contributed by atoms with Gasteiger partial charge in [-0.3, -0.25) is 4.90 Å². The molecule has 142 valence electrons. The van der Waals surface area contributed by atoms with Crippen LogP contribution in [0.15, 0.2) is 46.2 Å². The molecule has 1 aliphatic heterocycles. The lowest BCUT2D eigenvalue weighted by Crippen LogP contribution is -2.35. The van der Waals surface area contributed by atoms with Crippen molar-refractivity contribution < 1.29 is 9.52 Å². The zero-order valence-electron chi connectivity index (χ0n) is 15.3. The maximum absolute atomic E-state index is 10.6. The van der Waals surface area contributed by atoms with Crippen LogP contribution < -0.4 is 0 Å². The number of oxazole rings is 1. The van der Waals surface area contributed by atoms with Crippen LogP contribution in [0.4, 0.5) is 0 Å². The Hall–Kier alpha value is -1.66. The minimum atomic E-state index is -0.340. The summed E-state index contributed by atoms with van der Waals surface area (Å²) >= 11 is 7.90. The Balaban J connectivity index is 1.39. The van der Waals surface area contributed by atoms with Crippen molar-refractivity contribution in [3.05, 3.63) is 63.1 Å². The minimum absolute atomic E-state index is 0.331. The summed E-state index contributed by atoms with van der Waals surface area (Å²) in [6, 6.07) is 11.6. The van der Waals surface area contributed by atoms with Crippen molar-refractivity contribution in [3.8, 4) is 11.5 Å². The molecule has 0 radical (unpaired) electrons. The molecule has 1 aliphatic rings. The highest BCUT2D eigenvalue weighted by Gasteiger charge is 2.27. The quantitative estimate of drug-likeness (QED) is 0.628. The first-order valence-corrected chi connectivity index (χ1v) is 10.5. The normalized spacial score (nSPS) is 17.3. The van der Waals surface area contributed by atoms with Gasteiger partial charge in [0.1, 0.15) is 5.76 Å². The zero-order chi connectivity index (χ0) is 18.8. The Bertz CT molecular complexity index is 885. The Kier molecular flexibility index (Phi) is 5.64. The number of rotatable bonds is 5. The average molecular weight is 403 g/mol. The molecule has 1 fully saturated rings. The van der Waals surface area contributed by atoms with Crippen LogP contribution in [-0.2, 0) is 6.54 Å². The number of aromatic nitrogens is 1. The first kappa shape index (κ1) is 18.7. The first-order valence-electron chi connectivity index (χ1n) is 9.27. The highest BCUT2D eigenvalue weighted by atomic mass is 35.5. The number of piperidine rings is 1. The van der Waals surface area contributed by atoms with Crippen LogP contribution in [-0.4, -0.2) is 28.1 Å². The monoisotopic (exact) mass is 402 g/mol. The third-order valence-electron chi connectivity index (χ3n) is 5.28. The van der Waals surface area contributed by atoms with Crippen molar-refractivity contribution in [3.63, 3.8) is 0 Å². The van der Waals surface area contributed by atoms with E-state index >= 15 is 0 Å². The number of thiophene rings is 1. The molecule has 1 aromatic carbocycles. The van der Waals surface area contributed by atoms with Crippen LogP contribution in [0.2, 0.25) is 5.02 Å². The summed E-state index contributed by atoms with van der Waals surface area (Å²) < 4.78 is 5.87. The van der Waals surface area contributed by atoms with E-state index in [4.69, 9.17) is 16.0 Å². The maximum Gasteiger partial charge on any atom is 0.228 e. The molecule has 1 atom stereocenters. The molecule has 3 aromatic rings. The Labute approximate surface area is 168 Å². The second kappa shape index (κ2) is 8.15. The van der Waals surface area contributed by atoms with Crippen molar-refractivity contribution in [2.24, 2.45) is 5.92 Å². The number of likely N-dealkylation sites (tertiary alicyclic amines) is 1. The van der Waals surface area contributed by atoms with Gasteiger partial charge in [0.2, 0.25) is 5.89 Å². The van der Waals surface area contributed by atoms with Gasteiger partial charge in [0.05, 0.1) is 22.4 Å². The van der Waals surface area contributed by atoms with Crippen LogP contribution in [0.3, 0.4) is 0 Å². The van der Waals surface area contributed by atoms with E-state index in [0.29, 0.717) is 16.8 Å². The van der Waals surface area contributed by atoms with Gasteiger partial charge in [0.25, 0.3) is 0 Å². The molecule has 3 heterocycles. The summed E-state index contributed by atoms with van der Waals surface area (Å²) in [4.78, 5) is 8.15. The van der Waals surface area contributed by atoms with Crippen molar-refractivity contribution >= 4 is 22.9 Å². The van der Waals surface area contributed by atoms with Crippen molar-refractivity contribution in [1.82, 2.24) is 9.88 Å². The second-order valence-corrected chi connectivity index (χ2v) is 8.46. The Morgan fingerprint density at radius 1 is 1.26 bits per heavy atom. The van der Waals surface area contributed by atoms with Gasteiger partial charge in [-0.25, -0.2) is 4.98 Å². The molecule has 1 N–H and O–H groups in total. The SMILES string of the molecule is Cc1oc(-c2ccccc2Cl)nc1CN1CCC(C(O)c2cccs2)CC1. The molecule has 0 saturated carbocycles. The fourth-order valence-electron chi connectivity index (χ4n) is 3.66. The van der Waals surface area contributed by atoms with E-state index < -0.39 is 0 Å². The lowest BCUT2D eigenvalue weighted by molar-refractivity contribution is 0.0586. The summed E-state index contributed by atoms with van der Waals surface area (Å²) in [5.74, 6) is 1.75. The molecule has 2 aromatic heterocycles. The molecule has 0 bridgehead atoms. The van der Waals surface area contributed by atoms with Crippen LogP contribution in [0.1, 0.15) is 35.3 Å². The Morgan fingerprint density at radius 2 is 2.04 bits per heavy atom. The summed E-state index contributed by atoms with van der Waals surface area (Å²) in [5, 5.41) is 13.2. The molecule has 0 spiro atoms. The number of benzene rings is 1. The van der Waals surface area contributed by atoms with Crippen molar-refractivity contribution in [1.29, 1.82) is 0 Å². The minimum Gasteiger partial charge on any atom is -0.441 e. The topological polar surface area (TPSA) is 49.5 Å². The summed E-state index contributed by atoms with van der Waals surface area (Å²) in [6.07, 6.45) is 1.65. The first-order chi connectivity index (χ1) is 13.1. The van der Waals surface area contributed by atoms with Crippen molar-refractivity contribution in [2.45, 2.75) is 32.4 Å². The van der Waals surface area contributed by atoms with Crippen LogP contribution in [0.5, 0.6) is 0 Å². The van der Waals surface area contributed by atoms with Gasteiger partial charge in [-0.2, -0.15) is 0 Å². The van der Waals surface area contributed by atoms with E-state index in [-0.39, 0.29) is 6.10 Å². The molecule has 4 rings (SSSR count). The molecule has 0 amide bonds. The van der Waals surface area contributed by atoms with E-state index in [9.17, 15) is 5.11 Å². The number of nitrogens with zero attached hydrogens (tertiary/aromatic N) is 2. The predicted octanol–water partition coefficient (Wildman–Crippen LogP) is 5.31. The van der Waals surface area contributed by atoms with E-state index in [1.54, 1.807) is 11.3 Å². The van der Waals surface area contributed by atoms with Gasteiger partial charge in [-0.05, 0) is 62.4 Å². The fourth-order valence-corrected chi connectivity index (χ4v) is 4.67. The highest BCUT2D eigenvalue weighted by Crippen LogP contribution is 2.34. The molecule has 0 aliphatic carbocycles. The van der Waals surface area contributed by atoms with Gasteiger partial charge in [0, 0.05) is 11.4 Å². The lowest BCUT2D eigenvalue weighted by atomic mass is 9.90. The van der Waals surface area contributed by atoms with E-state index in [2.05, 4.69) is 9.88 Å². The van der Waals surface area contributed by atoms with Crippen LogP contribution in [0, 0.1) is 12.8 Å². The van der Waals surface area contributed by atoms with Gasteiger partial charge in [-0.15, -0.1) is 11.3 Å². The number of hydrogen-bond acceptors (Lipinski definition) is 5. The summed E-state index contributed by atoms with van der Waals surface area (Å²) in [7, 11) is 0. The Morgan fingerprint density at radius 3 is 2.74 bits per heavy atom. The number of aliphatic hydroxyl groups excluding tert-OH is 1. The van der Waals surface area contributed by atoms with Gasteiger partial charge < -0.3 is 9.52 Å². The molecular formula is C21H23ClN2O2S. The zero-order valence-corrected chi connectivity index (χ0v) is 16.8. The standard InChI is InChI=1S/C21H23ClN2O2S/c1-14-18(23-21(26-14)16-5-2-3-6-17(16)22)13-24-10-8-15(9-11-24)20(25)19-7-4-12-27-19/h2-7,12,15,20,25H,8-11,13H2,1H3. The van der Waals surface area contributed by atoms with Gasteiger partial charge in [0.15, 0.2) is 0 Å². The molecular weight excluding hydrogens is 380 g/mol. The van der Waals surface area contributed by atoms with Gasteiger partial charge in [-0.1, -0.05) is 29.8 Å². The summed E-state index contributed by atoms with van der Waals surface area (Å²) in [6.45, 7) is 4.64. The molecule has 27 heavy (non-hydrogen) atoms. The molecule has 6 heteroatoms. The molecule has 1 unspecified atom stereocenters. The largest absolute Gasteiger partial charge is 0.441 e. The highest BCUT2D eigenvalue weighted by molar-refractivity contribution is 7.10. The lowest BCUT2D eigenvalue weighted by Gasteiger charge is -2.33. The fraction of sp³-hybridized carbons (Fsp3) is 0.381. The maximum atomic E-state index is 10.6. The third kappa shape index (κ3) is 4.11. The molecule has 1 saturated heterocycles. The average Bonchev–Trinajstić information content (AvgIpc) is 3.33. The smallest absolute Gasteiger partial charge is 0.228 e. The second-order valence-electron chi connectivity index (χ2n) is 7.08. The number of halogens is 1. The van der Waals surface area contributed by atoms with E-state index in [0.717, 1.165) is 54.4 Å². The predicted molar refractivity (Wildman–Crippen MR) is 109 cm³/mol. The number of aryl methyl sites for hydroxylation is 1. The van der Waals surface area contributed by atoms with Gasteiger partial charge >= 0.3 is 0 Å². The van der Waals surface area contributed by atoms with Crippen molar-refractivity contribution in [2.75, 3.05) is 13.1 Å². The summed E-state index contributed by atoms with van der Waals surface area (Å²) in [5.41, 5.74) is 1.79. The van der Waals surface area contributed by atoms with E-state index in [1.165, 1.54) is 0 Å². The van der Waals surface area contributed by atoms with Crippen LogP contribution >= 0.6 is 22.9 Å². The van der Waals surface area contributed by atoms with Crippen LogP contribution in [0.25, 0.3) is 11.5 Å². The number of hydrogen-bond donors (Lipinski definition) is 1. The van der Waals surface area contributed by atoms with E-state index in [1.807, 2.05) is 48.7 Å².